The van der Waals surface area contributed by atoms with Gasteiger partial charge in [-0.25, -0.2) is 4.79 Å². The van der Waals surface area contributed by atoms with Crippen LogP contribution in [0.2, 0.25) is 0 Å². The maximum atomic E-state index is 11.3. The minimum Gasteiger partial charge on any atom is -0.453 e. The normalized spacial score (nSPS) is 10.6. The molecule has 0 bridgehead atoms. The van der Waals surface area contributed by atoms with Crippen molar-refractivity contribution in [2.45, 2.75) is 13.3 Å². The first-order valence-electron chi connectivity index (χ1n) is 5.98. The first kappa shape index (κ1) is 12.5. The fourth-order valence-electron chi connectivity index (χ4n) is 2.18. The average Bonchev–Trinajstić information content (AvgIpc) is 2.70. The summed E-state index contributed by atoms with van der Waals surface area (Å²) in [5.74, 6) is 0. The van der Waals surface area contributed by atoms with Crippen molar-refractivity contribution in [1.29, 1.82) is 0 Å². The van der Waals surface area contributed by atoms with Crippen LogP contribution in [0.25, 0.3) is 10.9 Å². The highest BCUT2D eigenvalue weighted by molar-refractivity contribution is 5.84. The Kier molecular flexibility index (Phi) is 3.55. The zero-order chi connectivity index (χ0) is 13.1. The van der Waals surface area contributed by atoms with Gasteiger partial charge in [0.2, 0.25) is 0 Å². The van der Waals surface area contributed by atoms with Crippen LogP contribution < -0.4 is 0 Å². The Hall–Kier alpha value is -1.97. The number of nitrogens with one attached hydrogen (secondary N) is 1. The minimum absolute atomic E-state index is 0.299. The average molecular weight is 246 g/mol. The smallest absolute Gasteiger partial charge is 0.409 e. The highest BCUT2D eigenvalue weighted by Crippen LogP contribution is 2.22. The molecule has 4 heteroatoms. The standard InChI is InChI=1S/C14H18N2O2/c1-10-11(8-9-16(2)14(17)18-3)12-6-4-5-7-13(12)15-10/h4-7,15H,8-9H2,1-3H3. The lowest BCUT2D eigenvalue weighted by atomic mass is 10.1. The van der Waals surface area contributed by atoms with E-state index in [1.807, 2.05) is 12.1 Å². The van der Waals surface area contributed by atoms with Crippen molar-refractivity contribution in [3.8, 4) is 0 Å². The summed E-state index contributed by atoms with van der Waals surface area (Å²) in [6.45, 7) is 2.71. The maximum absolute atomic E-state index is 11.3. The minimum atomic E-state index is -0.299. The number of ether oxygens (including phenoxy) is 1. The molecule has 0 spiro atoms. The first-order chi connectivity index (χ1) is 8.63. The number of amides is 1. The number of likely N-dealkylation sites (N-methyl/N-ethyl adjacent to an activating group) is 1. The van der Waals surface area contributed by atoms with E-state index >= 15 is 0 Å². The molecule has 18 heavy (non-hydrogen) atoms. The number of aromatic amines is 1. The van der Waals surface area contributed by atoms with Gasteiger partial charge in [-0.15, -0.1) is 0 Å². The van der Waals surface area contributed by atoms with E-state index in [-0.39, 0.29) is 6.09 Å². The molecule has 1 aromatic heterocycles. The van der Waals surface area contributed by atoms with Crippen LogP contribution in [-0.2, 0) is 11.2 Å². The molecule has 1 aromatic carbocycles. The van der Waals surface area contributed by atoms with E-state index < -0.39 is 0 Å². The fourth-order valence-corrected chi connectivity index (χ4v) is 2.18. The summed E-state index contributed by atoms with van der Waals surface area (Å²) in [5.41, 5.74) is 3.57. The van der Waals surface area contributed by atoms with Gasteiger partial charge in [0, 0.05) is 30.2 Å². The predicted octanol–water partition coefficient (Wildman–Crippen LogP) is 2.72. The second-order valence-corrected chi connectivity index (χ2v) is 4.42. The van der Waals surface area contributed by atoms with Gasteiger partial charge < -0.3 is 14.6 Å². The summed E-state index contributed by atoms with van der Waals surface area (Å²) < 4.78 is 4.68. The van der Waals surface area contributed by atoms with Gasteiger partial charge in [-0.1, -0.05) is 18.2 Å². The molecule has 4 nitrogen and oxygen atoms in total. The van der Waals surface area contributed by atoms with E-state index in [1.54, 1.807) is 11.9 Å². The zero-order valence-electron chi connectivity index (χ0n) is 11.0. The molecule has 0 atom stereocenters. The molecule has 0 saturated heterocycles. The number of carbonyl (C=O) groups is 1. The number of hydrogen-bond donors (Lipinski definition) is 1. The third-order valence-electron chi connectivity index (χ3n) is 3.21. The number of aryl methyl sites for hydroxylation is 1. The molecule has 0 fully saturated rings. The molecule has 0 aliphatic carbocycles. The summed E-state index contributed by atoms with van der Waals surface area (Å²) in [4.78, 5) is 16.3. The summed E-state index contributed by atoms with van der Waals surface area (Å²) in [6, 6.07) is 8.22. The van der Waals surface area contributed by atoms with E-state index in [9.17, 15) is 4.79 Å². The van der Waals surface area contributed by atoms with Crippen LogP contribution in [0.4, 0.5) is 4.79 Å². The van der Waals surface area contributed by atoms with E-state index in [4.69, 9.17) is 0 Å². The molecule has 0 radical (unpaired) electrons. The van der Waals surface area contributed by atoms with E-state index in [2.05, 4.69) is 28.8 Å². The van der Waals surface area contributed by atoms with Gasteiger partial charge in [0.25, 0.3) is 0 Å². The Balaban J connectivity index is 2.17. The molecule has 1 N–H and O–H groups in total. The third-order valence-corrected chi connectivity index (χ3v) is 3.21. The summed E-state index contributed by atoms with van der Waals surface area (Å²) >= 11 is 0. The molecule has 1 heterocycles. The number of carbonyl (C=O) groups excluding carboxylic acids is 1. The van der Waals surface area contributed by atoms with Crippen molar-refractivity contribution in [1.82, 2.24) is 9.88 Å². The number of rotatable bonds is 3. The predicted molar refractivity (Wildman–Crippen MR) is 71.8 cm³/mol. The van der Waals surface area contributed by atoms with Gasteiger partial charge in [0.1, 0.15) is 0 Å². The molecule has 0 aliphatic rings. The lowest BCUT2D eigenvalue weighted by Crippen LogP contribution is -2.28. The molecular formula is C14H18N2O2. The summed E-state index contributed by atoms with van der Waals surface area (Å²) in [5, 5.41) is 1.23. The molecule has 1 amide bonds. The Bertz CT molecular complexity index is 560. The van der Waals surface area contributed by atoms with Gasteiger partial charge in [-0.3, -0.25) is 0 Å². The number of fused-ring (bicyclic) bond motifs is 1. The van der Waals surface area contributed by atoms with Crippen LogP contribution >= 0.6 is 0 Å². The van der Waals surface area contributed by atoms with Gasteiger partial charge in [-0.2, -0.15) is 0 Å². The van der Waals surface area contributed by atoms with E-state index in [1.165, 1.54) is 18.1 Å². The summed E-state index contributed by atoms with van der Waals surface area (Å²) in [7, 11) is 3.14. The Morgan fingerprint density at radius 2 is 2.11 bits per heavy atom. The SMILES string of the molecule is COC(=O)N(C)CCc1c(C)[nH]c2ccccc12. The molecule has 2 aromatic rings. The number of H-pyrrole nitrogens is 1. The molecular weight excluding hydrogens is 228 g/mol. The largest absolute Gasteiger partial charge is 0.453 e. The highest BCUT2D eigenvalue weighted by Gasteiger charge is 2.11. The van der Waals surface area contributed by atoms with Crippen LogP contribution in [0.15, 0.2) is 24.3 Å². The van der Waals surface area contributed by atoms with Crippen molar-refractivity contribution >= 4 is 17.0 Å². The van der Waals surface area contributed by atoms with Gasteiger partial charge >= 0.3 is 6.09 Å². The number of aromatic nitrogens is 1. The van der Waals surface area contributed by atoms with Crippen LogP contribution in [0.5, 0.6) is 0 Å². The van der Waals surface area contributed by atoms with E-state index in [0.29, 0.717) is 6.54 Å². The Labute approximate surface area is 107 Å². The second-order valence-electron chi connectivity index (χ2n) is 4.42. The Morgan fingerprint density at radius 1 is 1.39 bits per heavy atom. The van der Waals surface area contributed by atoms with E-state index in [0.717, 1.165) is 17.6 Å². The van der Waals surface area contributed by atoms with Crippen molar-refractivity contribution < 1.29 is 9.53 Å². The van der Waals surface area contributed by atoms with Crippen LogP contribution in [-0.4, -0.2) is 36.7 Å². The zero-order valence-corrected chi connectivity index (χ0v) is 11.0. The monoisotopic (exact) mass is 246 g/mol. The highest BCUT2D eigenvalue weighted by atomic mass is 16.5. The van der Waals surface area contributed by atoms with Crippen molar-refractivity contribution in [2.75, 3.05) is 20.7 Å². The topological polar surface area (TPSA) is 45.3 Å². The summed E-state index contributed by atoms with van der Waals surface area (Å²) in [6.07, 6.45) is 0.522. The molecule has 96 valence electrons. The fraction of sp³-hybridized carbons (Fsp3) is 0.357. The lowest BCUT2D eigenvalue weighted by molar-refractivity contribution is 0.134. The second kappa shape index (κ2) is 5.12. The van der Waals surface area contributed by atoms with Crippen molar-refractivity contribution in [2.24, 2.45) is 0 Å². The van der Waals surface area contributed by atoms with Crippen LogP contribution in [0.1, 0.15) is 11.3 Å². The van der Waals surface area contributed by atoms with Gasteiger partial charge in [0.15, 0.2) is 0 Å². The van der Waals surface area contributed by atoms with Gasteiger partial charge in [-0.05, 0) is 25.0 Å². The molecule has 0 aliphatic heterocycles. The van der Waals surface area contributed by atoms with Gasteiger partial charge in [0.05, 0.1) is 7.11 Å². The first-order valence-corrected chi connectivity index (χ1v) is 5.98. The molecule has 0 unspecified atom stereocenters. The number of para-hydroxylation sites is 1. The van der Waals surface area contributed by atoms with Crippen molar-refractivity contribution in [3.63, 3.8) is 0 Å². The number of hydrogen-bond acceptors (Lipinski definition) is 2. The molecule has 0 saturated carbocycles. The maximum Gasteiger partial charge on any atom is 0.409 e. The number of nitrogens with zero attached hydrogens (tertiary/aromatic N) is 1. The number of methoxy groups -OCH3 is 1. The quantitative estimate of drug-likeness (QED) is 0.905. The van der Waals surface area contributed by atoms with Crippen LogP contribution in [0, 0.1) is 6.92 Å². The molecule has 2 rings (SSSR count). The third kappa shape index (κ3) is 2.32. The van der Waals surface area contributed by atoms with Crippen molar-refractivity contribution in [3.05, 3.63) is 35.5 Å². The Morgan fingerprint density at radius 3 is 2.83 bits per heavy atom. The number of benzene rings is 1. The van der Waals surface area contributed by atoms with Crippen LogP contribution in [0.3, 0.4) is 0 Å². The lowest BCUT2D eigenvalue weighted by Gasteiger charge is -2.15.